The summed E-state index contributed by atoms with van der Waals surface area (Å²) in [6.07, 6.45) is 0. The summed E-state index contributed by atoms with van der Waals surface area (Å²) in [5.74, 6) is 1.62. The average Bonchev–Trinajstić information content (AvgIpc) is 2.42. The van der Waals surface area contributed by atoms with Crippen molar-refractivity contribution in [2.24, 2.45) is 17.6 Å². The van der Waals surface area contributed by atoms with E-state index in [-0.39, 0.29) is 12.5 Å². The molecule has 0 aliphatic rings. The molecule has 4 heteroatoms. The molecular formula is C15H24N2O2. The third kappa shape index (κ3) is 5.75. The fraction of sp³-hybridized carbons (Fsp3) is 0.533. The molecule has 1 aromatic carbocycles. The van der Waals surface area contributed by atoms with E-state index in [4.69, 9.17) is 10.5 Å². The maximum Gasteiger partial charge on any atom is 0.257 e. The Hall–Kier alpha value is -1.55. The summed E-state index contributed by atoms with van der Waals surface area (Å²) in [7, 11) is 0. The fourth-order valence-corrected chi connectivity index (χ4v) is 1.43. The van der Waals surface area contributed by atoms with Crippen LogP contribution in [0.4, 0.5) is 0 Å². The monoisotopic (exact) mass is 264 g/mol. The van der Waals surface area contributed by atoms with Crippen molar-refractivity contribution in [3.63, 3.8) is 0 Å². The lowest BCUT2D eigenvalue weighted by Gasteiger charge is -2.16. The van der Waals surface area contributed by atoms with Crippen molar-refractivity contribution < 1.29 is 9.53 Å². The molecule has 0 spiro atoms. The minimum absolute atomic E-state index is 0.0484. The van der Waals surface area contributed by atoms with Crippen LogP contribution in [-0.4, -0.2) is 19.1 Å². The van der Waals surface area contributed by atoms with Crippen molar-refractivity contribution in [3.05, 3.63) is 29.8 Å². The third-order valence-electron chi connectivity index (χ3n) is 3.29. The minimum atomic E-state index is -0.0876. The van der Waals surface area contributed by atoms with Crippen molar-refractivity contribution in [3.8, 4) is 5.75 Å². The van der Waals surface area contributed by atoms with Gasteiger partial charge in [0.1, 0.15) is 5.75 Å². The SMILES string of the molecule is CC(C)C(C)CNC(=O)COc1ccc(CN)cc1. The van der Waals surface area contributed by atoms with E-state index in [0.717, 1.165) is 5.56 Å². The van der Waals surface area contributed by atoms with Crippen LogP contribution in [-0.2, 0) is 11.3 Å². The van der Waals surface area contributed by atoms with Crippen molar-refractivity contribution in [1.29, 1.82) is 0 Å². The van der Waals surface area contributed by atoms with Gasteiger partial charge in [0.05, 0.1) is 0 Å². The number of benzene rings is 1. The summed E-state index contributed by atoms with van der Waals surface area (Å²) in [6.45, 7) is 7.66. The zero-order valence-electron chi connectivity index (χ0n) is 12.0. The zero-order valence-corrected chi connectivity index (χ0v) is 12.0. The average molecular weight is 264 g/mol. The molecule has 3 N–H and O–H groups in total. The number of hydrogen-bond acceptors (Lipinski definition) is 3. The van der Waals surface area contributed by atoms with E-state index in [0.29, 0.717) is 30.7 Å². The van der Waals surface area contributed by atoms with Gasteiger partial charge in [-0.15, -0.1) is 0 Å². The van der Waals surface area contributed by atoms with E-state index in [2.05, 4.69) is 26.1 Å². The number of hydrogen-bond donors (Lipinski definition) is 2. The molecule has 1 unspecified atom stereocenters. The van der Waals surface area contributed by atoms with Crippen molar-refractivity contribution >= 4 is 5.91 Å². The second kappa shape index (κ2) is 7.79. The van der Waals surface area contributed by atoms with Crippen LogP contribution in [0, 0.1) is 11.8 Å². The van der Waals surface area contributed by atoms with Gasteiger partial charge >= 0.3 is 0 Å². The quantitative estimate of drug-likeness (QED) is 0.791. The first kappa shape index (κ1) is 15.5. The van der Waals surface area contributed by atoms with Gasteiger partial charge in [0.2, 0.25) is 0 Å². The number of carbonyl (C=O) groups excluding carboxylic acids is 1. The number of nitrogens with one attached hydrogen (secondary N) is 1. The largest absolute Gasteiger partial charge is 0.484 e. The molecule has 4 nitrogen and oxygen atoms in total. The first-order chi connectivity index (χ1) is 9.02. The van der Waals surface area contributed by atoms with E-state index < -0.39 is 0 Å². The van der Waals surface area contributed by atoms with Crippen LogP contribution < -0.4 is 15.8 Å². The van der Waals surface area contributed by atoms with Gasteiger partial charge in [-0.25, -0.2) is 0 Å². The highest BCUT2D eigenvalue weighted by Crippen LogP contribution is 2.11. The van der Waals surface area contributed by atoms with E-state index in [1.165, 1.54) is 0 Å². The first-order valence-corrected chi connectivity index (χ1v) is 6.71. The van der Waals surface area contributed by atoms with E-state index >= 15 is 0 Å². The molecule has 1 amide bonds. The molecule has 1 rings (SSSR count). The predicted molar refractivity (Wildman–Crippen MR) is 76.8 cm³/mol. The van der Waals surface area contributed by atoms with Crippen LogP contribution in [0.5, 0.6) is 5.75 Å². The van der Waals surface area contributed by atoms with Crippen LogP contribution in [0.3, 0.4) is 0 Å². The third-order valence-corrected chi connectivity index (χ3v) is 3.29. The lowest BCUT2D eigenvalue weighted by molar-refractivity contribution is -0.123. The molecule has 0 radical (unpaired) electrons. The van der Waals surface area contributed by atoms with Crippen molar-refractivity contribution in [2.75, 3.05) is 13.2 Å². The van der Waals surface area contributed by atoms with Crippen molar-refractivity contribution in [1.82, 2.24) is 5.32 Å². The van der Waals surface area contributed by atoms with E-state index in [9.17, 15) is 4.79 Å². The lowest BCUT2D eigenvalue weighted by atomic mass is 9.98. The Labute approximate surface area is 115 Å². The van der Waals surface area contributed by atoms with E-state index in [1.54, 1.807) is 0 Å². The molecule has 0 aromatic heterocycles. The Kier molecular flexibility index (Phi) is 6.36. The Morgan fingerprint density at radius 3 is 2.42 bits per heavy atom. The maximum absolute atomic E-state index is 11.6. The summed E-state index contributed by atoms with van der Waals surface area (Å²) >= 11 is 0. The van der Waals surface area contributed by atoms with Gasteiger partial charge in [-0.1, -0.05) is 32.9 Å². The molecule has 106 valence electrons. The van der Waals surface area contributed by atoms with Crippen LogP contribution in [0.1, 0.15) is 26.3 Å². The fourth-order valence-electron chi connectivity index (χ4n) is 1.43. The number of nitrogens with two attached hydrogens (primary N) is 1. The maximum atomic E-state index is 11.6. The van der Waals surface area contributed by atoms with E-state index in [1.807, 2.05) is 24.3 Å². The van der Waals surface area contributed by atoms with Crippen molar-refractivity contribution in [2.45, 2.75) is 27.3 Å². The summed E-state index contributed by atoms with van der Waals surface area (Å²) < 4.78 is 5.41. The van der Waals surface area contributed by atoms with Gasteiger partial charge in [0, 0.05) is 13.1 Å². The molecule has 0 saturated carbocycles. The Bertz CT molecular complexity index is 388. The second-order valence-electron chi connectivity index (χ2n) is 5.16. The second-order valence-corrected chi connectivity index (χ2v) is 5.16. The highest BCUT2D eigenvalue weighted by molar-refractivity contribution is 5.77. The Balaban J connectivity index is 2.29. The van der Waals surface area contributed by atoms with Crippen LogP contribution in [0.25, 0.3) is 0 Å². The highest BCUT2D eigenvalue weighted by Gasteiger charge is 2.09. The molecule has 19 heavy (non-hydrogen) atoms. The van der Waals surface area contributed by atoms with Gasteiger partial charge < -0.3 is 15.8 Å². The minimum Gasteiger partial charge on any atom is -0.484 e. The summed E-state index contributed by atoms with van der Waals surface area (Å²) in [5, 5.41) is 2.87. The van der Waals surface area contributed by atoms with Gasteiger partial charge in [-0.3, -0.25) is 4.79 Å². The summed E-state index contributed by atoms with van der Waals surface area (Å²) in [4.78, 5) is 11.6. The number of amides is 1. The molecule has 0 heterocycles. The Morgan fingerprint density at radius 1 is 1.26 bits per heavy atom. The van der Waals surface area contributed by atoms with Gasteiger partial charge in [-0.05, 0) is 29.5 Å². The summed E-state index contributed by atoms with van der Waals surface area (Å²) in [5.41, 5.74) is 6.55. The molecule has 0 saturated heterocycles. The van der Waals surface area contributed by atoms with Crippen LogP contribution >= 0.6 is 0 Å². The number of rotatable bonds is 7. The van der Waals surface area contributed by atoms with Crippen LogP contribution in [0.15, 0.2) is 24.3 Å². The first-order valence-electron chi connectivity index (χ1n) is 6.71. The van der Waals surface area contributed by atoms with Crippen LogP contribution in [0.2, 0.25) is 0 Å². The molecule has 0 fully saturated rings. The van der Waals surface area contributed by atoms with Gasteiger partial charge in [0.25, 0.3) is 5.91 Å². The lowest BCUT2D eigenvalue weighted by Crippen LogP contribution is -2.33. The molecule has 1 aromatic rings. The molecular weight excluding hydrogens is 240 g/mol. The molecule has 1 atom stereocenters. The zero-order chi connectivity index (χ0) is 14.3. The Morgan fingerprint density at radius 2 is 1.89 bits per heavy atom. The highest BCUT2D eigenvalue weighted by atomic mass is 16.5. The topological polar surface area (TPSA) is 64.3 Å². The smallest absolute Gasteiger partial charge is 0.257 e. The van der Waals surface area contributed by atoms with Gasteiger partial charge in [0.15, 0.2) is 6.61 Å². The standard InChI is InChI=1S/C15H24N2O2/c1-11(2)12(3)9-17-15(18)10-19-14-6-4-13(8-16)5-7-14/h4-7,11-12H,8-10,16H2,1-3H3,(H,17,18). The number of carbonyl (C=O) groups is 1. The number of ether oxygens (including phenoxy) is 1. The normalized spacial score (nSPS) is 12.3. The molecule has 0 aliphatic heterocycles. The molecule has 0 bridgehead atoms. The predicted octanol–water partition coefficient (Wildman–Crippen LogP) is 1.93. The molecule has 0 aliphatic carbocycles. The summed E-state index contributed by atoms with van der Waals surface area (Å²) in [6, 6.07) is 7.45. The van der Waals surface area contributed by atoms with Gasteiger partial charge in [-0.2, -0.15) is 0 Å².